The molecule has 2 rings (SSSR count). The fourth-order valence-electron chi connectivity index (χ4n) is 1.72. The lowest BCUT2D eigenvalue weighted by atomic mass is 10.3. The summed E-state index contributed by atoms with van der Waals surface area (Å²) in [7, 11) is 1.21. The number of thioether (sulfide) groups is 1. The van der Waals surface area contributed by atoms with Gasteiger partial charge in [0, 0.05) is 0 Å². The Labute approximate surface area is 125 Å². The average molecular weight is 307 g/mol. The molecule has 1 aromatic heterocycles. The molecule has 7 heteroatoms. The average Bonchev–Trinajstić information content (AvgIpc) is 3.07. The zero-order valence-electron chi connectivity index (χ0n) is 11.4. The third-order valence-electron chi connectivity index (χ3n) is 2.80. The molecule has 0 N–H and O–H groups in total. The van der Waals surface area contributed by atoms with Gasteiger partial charge in [-0.25, -0.2) is 4.79 Å². The van der Waals surface area contributed by atoms with Gasteiger partial charge >= 0.3 is 5.97 Å². The van der Waals surface area contributed by atoms with Crippen LogP contribution in [0, 0.1) is 0 Å². The van der Waals surface area contributed by atoms with Crippen LogP contribution < -0.4 is 0 Å². The first-order valence-corrected chi connectivity index (χ1v) is 6.91. The molecule has 0 aromatic carbocycles. The highest BCUT2D eigenvalue weighted by Gasteiger charge is 2.40. The van der Waals surface area contributed by atoms with E-state index in [1.807, 2.05) is 0 Å². The van der Waals surface area contributed by atoms with Gasteiger partial charge in [0.05, 0.1) is 18.3 Å². The minimum absolute atomic E-state index is 0.249. The van der Waals surface area contributed by atoms with Crippen molar-refractivity contribution >= 4 is 35.0 Å². The number of imide groups is 1. The molecule has 1 fully saturated rings. The van der Waals surface area contributed by atoms with E-state index in [4.69, 9.17) is 4.42 Å². The van der Waals surface area contributed by atoms with Gasteiger partial charge in [0.15, 0.2) is 0 Å². The topological polar surface area (TPSA) is 76.8 Å². The van der Waals surface area contributed by atoms with Crippen molar-refractivity contribution in [1.82, 2.24) is 4.90 Å². The molecular weight excluding hydrogens is 294 g/mol. The number of hydrogen-bond donors (Lipinski definition) is 0. The minimum atomic E-state index is -0.942. The molecule has 0 radical (unpaired) electrons. The SMILES string of the molecule is COC(=O)[C@H](C)N1C(=O)S/C(=C/C=C/c2ccco2)C1=O. The molecule has 0 bridgehead atoms. The Balaban J connectivity index is 2.12. The van der Waals surface area contributed by atoms with Crippen molar-refractivity contribution < 1.29 is 23.5 Å². The van der Waals surface area contributed by atoms with Crippen LogP contribution in [-0.4, -0.2) is 35.2 Å². The minimum Gasteiger partial charge on any atom is -0.467 e. The number of hydrogen-bond acceptors (Lipinski definition) is 6. The third-order valence-corrected chi connectivity index (χ3v) is 3.71. The highest BCUT2D eigenvalue weighted by atomic mass is 32.2. The Morgan fingerprint density at radius 1 is 1.48 bits per heavy atom. The molecule has 0 saturated carbocycles. The van der Waals surface area contributed by atoms with Crippen LogP contribution in [0.1, 0.15) is 12.7 Å². The zero-order chi connectivity index (χ0) is 15.4. The van der Waals surface area contributed by atoms with Gasteiger partial charge in [0.1, 0.15) is 11.8 Å². The van der Waals surface area contributed by atoms with Crippen LogP contribution in [0.5, 0.6) is 0 Å². The molecule has 6 nitrogen and oxygen atoms in total. The summed E-state index contributed by atoms with van der Waals surface area (Å²) in [6.07, 6.45) is 6.32. The fourth-order valence-corrected chi connectivity index (χ4v) is 2.58. The standard InChI is InChI=1S/C14H13NO5S/c1-9(13(17)19-2)15-12(16)11(21-14(15)18)7-3-5-10-6-4-8-20-10/h3-9H,1-2H3/b5-3+,11-7+/t9-/m0/s1. The lowest BCUT2D eigenvalue weighted by molar-refractivity contribution is -0.148. The van der Waals surface area contributed by atoms with Gasteiger partial charge in [0.2, 0.25) is 0 Å². The second-order valence-corrected chi connectivity index (χ2v) is 5.14. The third kappa shape index (κ3) is 3.25. The molecule has 21 heavy (non-hydrogen) atoms. The summed E-state index contributed by atoms with van der Waals surface area (Å²) < 4.78 is 9.65. The molecule has 1 aliphatic heterocycles. The molecular formula is C14H13NO5S. The Morgan fingerprint density at radius 3 is 2.86 bits per heavy atom. The molecule has 110 valence electrons. The van der Waals surface area contributed by atoms with E-state index < -0.39 is 23.2 Å². The van der Waals surface area contributed by atoms with Crippen LogP contribution in [-0.2, 0) is 14.3 Å². The summed E-state index contributed by atoms with van der Waals surface area (Å²) in [6, 6.07) is 2.56. The molecule has 0 aliphatic carbocycles. The molecule has 0 spiro atoms. The van der Waals surface area contributed by atoms with Gasteiger partial charge in [-0.15, -0.1) is 0 Å². The van der Waals surface area contributed by atoms with Crippen molar-refractivity contribution in [2.75, 3.05) is 7.11 Å². The normalized spacial score (nSPS) is 18.8. The first kappa shape index (κ1) is 15.1. The smallest absolute Gasteiger partial charge is 0.328 e. The van der Waals surface area contributed by atoms with E-state index >= 15 is 0 Å². The van der Waals surface area contributed by atoms with E-state index in [1.54, 1.807) is 24.3 Å². The maximum atomic E-state index is 12.1. The number of methoxy groups -OCH3 is 1. The second-order valence-electron chi connectivity index (χ2n) is 4.15. The summed E-state index contributed by atoms with van der Waals surface area (Å²) in [5.74, 6) is -0.509. The van der Waals surface area contributed by atoms with E-state index in [0.29, 0.717) is 5.76 Å². The van der Waals surface area contributed by atoms with Gasteiger partial charge in [-0.1, -0.05) is 6.08 Å². The summed E-state index contributed by atoms with van der Waals surface area (Å²) in [5, 5.41) is -0.490. The van der Waals surface area contributed by atoms with E-state index in [0.717, 1.165) is 16.7 Å². The maximum absolute atomic E-state index is 12.1. The predicted molar refractivity (Wildman–Crippen MR) is 77.1 cm³/mol. The quantitative estimate of drug-likeness (QED) is 0.628. The number of amides is 2. The Hall–Kier alpha value is -2.28. The van der Waals surface area contributed by atoms with Crippen molar-refractivity contribution in [2.45, 2.75) is 13.0 Å². The zero-order valence-corrected chi connectivity index (χ0v) is 12.3. The second kappa shape index (κ2) is 6.45. The first-order chi connectivity index (χ1) is 10.0. The maximum Gasteiger partial charge on any atom is 0.328 e. The first-order valence-electron chi connectivity index (χ1n) is 6.09. The number of carbonyl (C=O) groups excluding carboxylic acids is 3. The molecule has 1 saturated heterocycles. The molecule has 0 unspecified atom stereocenters. The van der Waals surface area contributed by atoms with Crippen LogP contribution >= 0.6 is 11.8 Å². The van der Waals surface area contributed by atoms with Gasteiger partial charge in [0.25, 0.3) is 11.1 Å². The van der Waals surface area contributed by atoms with Crippen LogP contribution in [0.4, 0.5) is 4.79 Å². The van der Waals surface area contributed by atoms with Gasteiger partial charge in [-0.2, -0.15) is 0 Å². The highest BCUT2D eigenvalue weighted by Crippen LogP contribution is 2.32. The number of esters is 1. The molecule has 1 aliphatic rings. The number of carbonyl (C=O) groups is 3. The van der Waals surface area contributed by atoms with Crippen LogP contribution in [0.15, 0.2) is 39.9 Å². The number of ether oxygens (including phenoxy) is 1. The number of furan rings is 1. The van der Waals surface area contributed by atoms with E-state index in [-0.39, 0.29) is 4.91 Å². The molecule has 1 aromatic rings. The predicted octanol–water partition coefficient (Wildman–Crippen LogP) is 2.43. The summed E-state index contributed by atoms with van der Waals surface area (Å²) in [5.41, 5.74) is 0. The van der Waals surface area contributed by atoms with Gasteiger partial charge < -0.3 is 9.15 Å². The van der Waals surface area contributed by atoms with Crippen LogP contribution in [0.3, 0.4) is 0 Å². The highest BCUT2D eigenvalue weighted by molar-refractivity contribution is 8.18. The van der Waals surface area contributed by atoms with Gasteiger partial charge in [-0.05, 0) is 43.0 Å². The number of nitrogens with zero attached hydrogens (tertiary/aromatic N) is 1. The number of allylic oxidation sites excluding steroid dienone is 2. The molecule has 1 atom stereocenters. The lowest BCUT2D eigenvalue weighted by Gasteiger charge is -2.18. The lowest BCUT2D eigenvalue weighted by Crippen LogP contribution is -2.42. The Kier molecular flexibility index (Phi) is 4.64. The Bertz CT molecular complexity index is 617. The Morgan fingerprint density at radius 2 is 2.24 bits per heavy atom. The van der Waals surface area contributed by atoms with E-state index in [9.17, 15) is 14.4 Å². The number of rotatable bonds is 4. The van der Waals surface area contributed by atoms with Crippen molar-refractivity contribution in [3.8, 4) is 0 Å². The van der Waals surface area contributed by atoms with Crippen LogP contribution in [0.2, 0.25) is 0 Å². The molecule has 2 heterocycles. The van der Waals surface area contributed by atoms with Crippen molar-refractivity contribution in [2.24, 2.45) is 0 Å². The van der Waals surface area contributed by atoms with Crippen molar-refractivity contribution in [1.29, 1.82) is 0 Å². The van der Waals surface area contributed by atoms with Crippen molar-refractivity contribution in [3.63, 3.8) is 0 Å². The van der Waals surface area contributed by atoms with Gasteiger partial charge in [-0.3, -0.25) is 14.5 Å². The van der Waals surface area contributed by atoms with E-state index in [1.165, 1.54) is 26.4 Å². The van der Waals surface area contributed by atoms with Crippen molar-refractivity contribution in [3.05, 3.63) is 41.2 Å². The van der Waals surface area contributed by atoms with Crippen LogP contribution in [0.25, 0.3) is 6.08 Å². The molecule has 2 amide bonds. The summed E-state index contributed by atoms with van der Waals surface area (Å²) >= 11 is 0.784. The summed E-state index contributed by atoms with van der Waals surface area (Å²) in [4.78, 5) is 36.5. The summed E-state index contributed by atoms with van der Waals surface area (Å²) in [6.45, 7) is 1.45. The fraction of sp³-hybridized carbons (Fsp3) is 0.214. The largest absolute Gasteiger partial charge is 0.467 e. The van der Waals surface area contributed by atoms with E-state index in [2.05, 4.69) is 4.74 Å². The monoisotopic (exact) mass is 307 g/mol.